The molecule has 4 atom stereocenters. The predicted octanol–water partition coefficient (Wildman–Crippen LogP) is 0.773. The fourth-order valence-electron chi connectivity index (χ4n) is 4.21. The molecule has 3 rings (SSSR count). The number of amides is 1. The third-order valence-corrected chi connectivity index (χ3v) is 6.74. The smallest absolute Gasteiger partial charge is 0.240 e. The second-order valence-electron chi connectivity index (χ2n) is 9.96. The number of ketones is 1. The Balaban J connectivity index is 1.88. The highest BCUT2D eigenvalue weighted by Gasteiger charge is 2.50. The van der Waals surface area contributed by atoms with Crippen molar-refractivity contribution in [3.8, 4) is 5.75 Å². The Morgan fingerprint density at radius 3 is 2.32 bits per heavy atom. The first kappa shape index (κ1) is 28.5. The van der Waals surface area contributed by atoms with Gasteiger partial charge in [0.25, 0.3) is 0 Å². The monoisotopic (exact) mass is 511 g/mol. The molecule has 4 unspecified atom stereocenters. The van der Waals surface area contributed by atoms with Crippen LogP contribution in [0.4, 0.5) is 0 Å². The molecule has 0 spiro atoms. The van der Waals surface area contributed by atoms with Crippen LogP contribution in [0.2, 0.25) is 0 Å². The number of benzene rings is 2. The Morgan fingerprint density at radius 1 is 1.16 bits per heavy atom. The van der Waals surface area contributed by atoms with Gasteiger partial charge in [0, 0.05) is 13.0 Å². The SMILES string of the molecule is COc1ccc(CC(C=O)(CNC(Cc2ccccc2)C(=O)C2(C)CO2)NC(=O)C(CO)N(C)C)cc1. The molecule has 1 fully saturated rings. The van der Waals surface area contributed by atoms with Gasteiger partial charge in [-0.1, -0.05) is 42.5 Å². The van der Waals surface area contributed by atoms with Crippen molar-refractivity contribution in [3.63, 3.8) is 0 Å². The number of aliphatic hydroxyl groups is 1. The van der Waals surface area contributed by atoms with Gasteiger partial charge in [-0.15, -0.1) is 0 Å². The molecule has 9 heteroatoms. The molecule has 9 nitrogen and oxygen atoms in total. The number of likely N-dealkylation sites (N-methyl/N-ethyl adjacent to an activating group) is 1. The molecule has 0 aromatic heterocycles. The van der Waals surface area contributed by atoms with E-state index in [1.165, 1.54) is 0 Å². The van der Waals surface area contributed by atoms with Gasteiger partial charge in [-0.25, -0.2) is 0 Å². The number of nitrogens with zero attached hydrogens (tertiary/aromatic N) is 1. The van der Waals surface area contributed by atoms with Gasteiger partial charge in [0.1, 0.15) is 29.2 Å². The number of hydrogen-bond donors (Lipinski definition) is 3. The van der Waals surface area contributed by atoms with Gasteiger partial charge in [-0.05, 0) is 50.7 Å². The topological polar surface area (TPSA) is 120 Å². The second kappa shape index (κ2) is 12.4. The van der Waals surface area contributed by atoms with Gasteiger partial charge in [0.05, 0.1) is 26.4 Å². The Kier molecular flexibility index (Phi) is 9.56. The summed E-state index contributed by atoms with van der Waals surface area (Å²) in [6, 6.07) is 15.3. The number of methoxy groups -OCH3 is 1. The normalized spacial score (nSPS) is 19.9. The molecule has 2 aromatic rings. The number of aliphatic hydroxyl groups excluding tert-OH is 1. The van der Waals surface area contributed by atoms with Gasteiger partial charge in [-0.3, -0.25) is 14.5 Å². The molecule has 0 saturated carbocycles. The summed E-state index contributed by atoms with van der Waals surface area (Å²) < 4.78 is 10.6. The van der Waals surface area contributed by atoms with E-state index in [2.05, 4.69) is 10.6 Å². The van der Waals surface area contributed by atoms with Crippen LogP contribution in [0.3, 0.4) is 0 Å². The minimum absolute atomic E-state index is 0.000827. The Bertz CT molecular complexity index is 1060. The van der Waals surface area contributed by atoms with Crippen LogP contribution in [0, 0.1) is 0 Å². The average molecular weight is 512 g/mol. The first-order valence-corrected chi connectivity index (χ1v) is 12.3. The van der Waals surface area contributed by atoms with Crippen molar-refractivity contribution in [2.24, 2.45) is 0 Å². The zero-order chi connectivity index (χ0) is 27.1. The van der Waals surface area contributed by atoms with Crippen LogP contribution in [-0.4, -0.2) is 92.2 Å². The first-order chi connectivity index (χ1) is 17.6. The molecule has 0 bridgehead atoms. The van der Waals surface area contributed by atoms with E-state index in [0.717, 1.165) is 11.1 Å². The lowest BCUT2D eigenvalue weighted by Crippen LogP contribution is -2.63. The second-order valence-corrected chi connectivity index (χ2v) is 9.96. The van der Waals surface area contributed by atoms with Crippen molar-refractivity contribution in [2.45, 2.75) is 43.0 Å². The lowest BCUT2D eigenvalue weighted by atomic mass is 9.89. The van der Waals surface area contributed by atoms with E-state index in [9.17, 15) is 19.5 Å². The number of Topliss-reactive ketones (excluding diaryl/α,β-unsaturated/α-hetero) is 1. The summed E-state index contributed by atoms with van der Waals surface area (Å²) in [5, 5.41) is 15.9. The van der Waals surface area contributed by atoms with Gasteiger partial charge in [0.15, 0.2) is 5.78 Å². The minimum atomic E-state index is -1.38. The van der Waals surface area contributed by atoms with Crippen molar-refractivity contribution in [1.29, 1.82) is 0 Å². The van der Waals surface area contributed by atoms with Crippen molar-refractivity contribution in [2.75, 3.05) is 41.0 Å². The molecule has 1 aliphatic heterocycles. The molecule has 1 aliphatic rings. The van der Waals surface area contributed by atoms with Gasteiger partial charge < -0.3 is 30.0 Å². The van der Waals surface area contributed by atoms with Crippen molar-refractivity contribution in [3.05, 3.63) is 65.7 Å². The summed E-state index contributed by atoms with van der Waals surface area (Å²) in [5.74, 6) is 0.0774. The summed E-state index contributed by atoms with van der Waals surface area (Å²) in [6.45, 7) is 1.69. The molecule has 200 valence electrons. The van der Waals surface area contributed by atoms with E-state index in [1.807, 2.05) is 42.5 Å². The minimum Gasteiger partial charge on any atom is -0.497 e. The zero-order valence-electron chi connectivity index (χ0n) is 21.9. The lowest BCUT2D eigenvalue weighted by Gasteiger charge is -2.34. The Morgan fingerprint density at radius 2 is 1.81 bits per heavy atom. The van der Waals surface area contributed by atoms with Gasteiger partial charge in [-0.2, -0.15) is 0 Å². The number of hydrogen-bond acceptors (Lipinski definition) is 8. The summed E-state index contributed by atoms with van der Waals surface area (Å²) in [4.78, 5) is 40.7. The highest BCUT2D eigenvalue weighted by atomic mass is 16.6. The van der Waals surface area contributed by atoms with Gasteiger partial charge in [0.2, 0.25) is 5.91 Å². The van der Waals surface area contributed by atoms with E-state index < -0.39 is 35.7 Å². The molecular formula is C28H37N3O6. The highest BCUT2D eigenvalue weighted by molar-refractivity contribution is 5.94. The van der Waals surface area contributed by atoms with E-state index in [0.29, 0.717) is 25.1 Å². The zero-order valence-corrected chi connectivity index (χ0v) is 21.9. The third kappa shape index (κ3) is 7.45. The van der Waals surface area contributed by atoms with Crippen LogP contribution in [0.5, 0.6) is 5.75 Å². The maximum absolute atomic E-state index is 13.3. The van der Waals surface area contributed by atoms with Gasteiger partial charge >= 0.3 is 0 Å². The maximum Gasteiger partial charge on any atom is 0.240 e. The highest BCUT2D eigenvalue weighted by Crippen LogP contribution is 2.29. The number of nitrogens with one attached hydrogen (secondary N) is 2. The number of aldehydes is 1. The van der Waals surface area contributed by atoms with E-state index in [-0.39, 0.29) is 18.7 Å². The molecule has 1 amide bonds. The Labute approximate surface area is 218 Å². The summed E-state index contributed by atoms with van der Waals surface area (Å²) in [6.07, 6.45) is 1.28. The summed E-state index contributed by atoms with van der Waals surface area (Å²) >= 11 is 0. The van der Waals surface area contributed by atoms with Crippen LogP contribution >= 0.6 is 0 Å². The fourth-order valence-corrected chi connectivity index (χ4v) is 4.21. The quantitative estimate of drug-likeness (QED) is 0.237. The molecule has 3 N–H and O–H groups in total. The number of epoxide rings is 1. The standard InChI is InChI=1S/C28H37N3O6/c1-27(19-37-27)25(34)23(14-20-8-6-5-7-9-20)29-17-28(18-33,30-26(35)24(16-32)31(2)3)15-21-10-12-22(36-4)13-11-21/h5-13,18,23-24,29,32H,14-17,19H2,1-4H3,(H,30,35). The predicted molar refractivity (Wildman–Crippen MR) is 139 cm³/mol. The molecule has 1 saturated heterocycles. The van der Waals surface area contributed by atoms with E-state index in [1.54, 1.807) is 45.2 Å². The van der Waals surface area contributed by atoms with E-state index >= 15 is 0 Å². The van der Waals surface area contributed by atoms with Crippen LogP contribution in [0.15, 0.2) is 54.6 Å². The largest absolute Gasteiger partial charge is 0.497 e. The lowest BCUT2D eigenvalue weighted by molar-refractivity contribution is -0.131. The number of carbonyl (C=O) groups is 3. The number of rotatable bonds is 15. The van der Waals surface area contributed by atoms with Crippen LogP contribution in [0.1, 0.15) is 18.1 Å². The van der Waals surface area contributed by atoms with Crippen molar-refractivity contribution >= 4 is 18.0 Å². The molecule has 0 radical (unpaired) electrons. The van der Waals surface area contributed by atoms with E-state index in [4.69, 9.17) is 9.47 Å². The number of ether oxygens (including phenoxy) is 2. The molecule has 1 heterocycles. The summed E-state index contributed by atoms with van der Waals surface area (Å²) in [7, 11) is 4.92. The maximum atomic E-state index is 13.3. The fraction of sp³-hybridized carbons (Fsp3) is 0.464. The van der Waals surface area contributed by atoms with Crippen molar-refractivity contribution < 1.29 is 29.0 Å². The Hall–Kier alpha value is -3.11. The molecular weight excluding hydrogens is 474 g/mol. The van der Waals surface area contributed by atoms with Crippen molar-refractivity contribution in [1.82, 2.24) is 15.5 Å². The summed E-state index contributed by atoms with van der Waals surface area (Å²) in [5.41, 5.74) is -0.483. The van der Waals surface area contributed by atoms with Crippen LogP contribution < -0.4 is 15.4 Å². The third-order valence-electron chi connectivity index (χ3n) is 6.74. The first-order valence-electron chi connectivity index (χ1n) is 12.3. The van der Waals surface area contributed by atoms with Crippen LogP contribution in [0.25, 0.3) is 0 Å². The molecule has 0 aliphatic carbocycles. The molecule has 2 aromatic carbocycles. The van der Waals surface area contributed by atoms with Crippen LogP contribution in [-0.2, 0) is 32.0 Å². The average Bonchev–Trinajstić information content (AvgIpc) is 3.65. The molecule has 37 heavy (non-hydrogen) atoms. The number of carbonyl (C=O) groups excluding carboxylic acids is 3.